The predicted octanol–water partition coefficient (Wildman–Crippen LogP) is 3.29. The summed E-state index contributed by atoms with van der Waals surface area (Å²) in [5, 5.41) is 12.9. The number of carbonyl (C=O) groups is 3. The van der Waals surface area contributed by atoms with E-state index in [0.717, 1.165) is 17.5 Å². The van der Waals surface area contributed by atoms with E-state index < -0.39 is 24.1 Å². The number of rotatable bonds is 9. The number of ether oxygens (including phenoxy) is 1. The van der Waals surface area contributed by atoms with Gasteiger partial charge in [-0.3, -0.25) is 14.9 Å². The molecule has 176 valence electrons. The molecule has 7 heteroatoms. The maximum Gasteiger partial charge on any atom is 0.326 e. The van der Waals surface area contributed by atoms with Crippen molar-refractivity contribution in [2.75, 3.05) is 6.61 Å². The van der Waals surface area contributed by atoms with Crippen LogP contribution < -0.4 is 5.32 Å². The quantitative estimate of drug-likeness (QED) is 0.568. The van der Waals surface area contributed by atoms with E-state index in [1.807, 2.05) is 24.3 Å². The number of carboxylic acids is 1. The van der Waals surface area contributed by atoms with E-state index in [4.69, 9.17) is 4.74 Å². The minimum Gasteiger partial charge on any atom is -0.480 e. The van der Waals surface area contributed by atoms with Crippen LogP contribution in [-0.2, 0) is 32.1 Å². The second-order valence-electron chi connectivity index (χ2n) is 9.07. The normalized spacial score (nSPS) is 20.8. The molecule has 0 bridgehead atoms. The Balaban J connectivity index is 1.68. The molecule has 0 saturated heterocycles. The molecule has 1 saturated carbocycles. The zero-order valence-corrected chi connectivity index (χ0v) is 19.2. The molecule has 0 spiro atoms. The molecular weight excluding hydrogens is 408 g/mol. The summed E-state index contributed by atoms with van der Waals surface area (Å²) in [7, 11) is 0. The molecule has 1 aromatic carbocycles. The summed E-state index contributed by atoms with van der Waals surface area (Å²) in [5.41, 5.74) is 1.92. The number of amides is 1. The number of esters is 1. The fourth-order valence-corrected chi connectivity index (χ4v) is 4.99. The van der Waals surface area contributed by atoms with Gasteiger partial charge in [-0.1, -0.05) is 56.4 Å². The maximum absolute atomic E-state index is 13.3. The summed E-state index contributed by atoms with van der Waals surface area (Å²) >= 11 is 0. The van der Waals surface area contributed by atoms with Gasteiger partial charge in [0.15, 0.2) is 0 Å². The van der Waals surface area contributed by atoms with E-state index in [1.54, 1.807) is 13.8 Å². The molecule has 1 aromatic rings. The highest BCUT2D eigenvalue weighted by atomic mass is 16.5. The van der Waals surface area contributed by atoms with Crippen molar-refractivity contribution < 1.29 is 24.2 Å². The second kappa shape index (κ2) is 11.5. The van der Waals surface area contributed by atoms with Crippen LogP contribution in [-0.4, -0.2) is 52.6 Å². The molecule has 3 atom stereocenters. The topological polar surface area (TPSA) is 95.9 Å². The highest BCUT2D eigenvalue weighted by Crippen LogP contribution is 2.28. The Morgan fingerprint density at radius 2 is 1.84 bits per heavy atom. The summed E-state index contributed by atoms with van der Waals surface area (Å²) in [6, 6.07) is 5.44. The third kappa shape index (κ3) is 6.09. The Bertz CT molecular complexity index is 805. The van der Waals surface area contributed by atoms with E-state index in [9.17, 15) is 19.5 Å². The Kier molecular flexibility index (Phi) is 8.67. The fourth-order valence-electron chi connectivity index (χ4n) is 4.99. The minimum atomic E-state index is -1.01. The van der Waals surface area contributed by atoms with E-state index in [0.29, 0.717) is 12.3 Å². The number of hydrogen-bond donors (Lipinski definition) is 2. The number of carbonyl (C=O) groups excluding carboxylic acids is 2. The number of carboxylic acid groups (broad SMARTS) is 1. The molecule has 2 N–H and O–H groups in total. The van der Waals surface area contributed by atoms with E-state index >= 15 is 0 Å². The SMILES string of the molecule is CCOC(=O)[C@H](CCC1CCCCC1)N[C@@H](C)C(=O)N1Cc2ccccc2C[C@@H]1C(=O)O. The van der Waals surface area contributed by atoms with Crippen molar-refractivity contribution in [3.63, 3.8) is 0 Å². The van der Waals surface area contributed by atoms with Crippen molar-refractivity contribution in [1.29, 1.82) is 0 Å². The highest BCUT2D eigenvalue weighted by molar-refractivity contribution is 5.88. The van der Waals surface area contributed by atoms with Gasteiger partial charge < -0.3 is 14.7 Å². The molecule has 0 radical (unpaired) electrons. The smallest absolute Gasteiger partial charge is 0.326 e. The number of nitrogens with one attached hydrogen (secondary N) is 1. The van der Waals surface area contributed by atoms with Crippen LogP contribution in [0.15, 0.2) is 24.3 Å². The number of fused-ring (bicyclic) bond motifs is 1. The fraction of sp³-hybridized carbons (Fsp3) is 0.640. The first kappa shape index (κ1) is 24.2. The van der Waals surface area contributed by atoms with Gasteiger partial charge in [0.25, 0.3) is 0 Å². The zero-order valence-electron chi connectivity index (χ0n) is 19.2. The average molecular weight is 445 g/mol. The van der Waals surface area contributed by atoms with Gasteiger partial charge in [-0.2, -0.15) is 0 Å². The van der Waals surface area contributed by atoms with Crippen molar-refractivity contribution in [2.24, 2.45) is 5.92 Å². The molecule has 3 rings (SSSR count). The first-order valence-corrected chi connectivity index (χ1v) is 11.9. The van der Waals surface area contributed by atoms with Crippen LogP contribution in [0.25, 0.3) is 0 Å². The molecule has 0 unspecified atom stereocenters. The third-order valence-electron chi connectivity index (χ3n) is 6.80. The van der Waals surface area contributed by atoms with E-state index in [2.05, 4.69) is 5.32 Å². The van der Waals surface area contributed by atoms with Crippen LogP contribution in [0.5, 0.6) is 0 Å². The Morgan fingerprint density at radius 3 is 2.50 bits per heavy atom. The number of nitrogens with zero attached hydrogens (tertiary/aromatic N) is 1. The highest BCUT2D eigenvalue weighted by Gasteiger charge is 2.37. The maximum atomic E-state index is 13.3. The second-order valence-corrected chi connectivity index (χ2v) is 9.07. The summed E-state index contributed by atoms with van der Waals surface area (Å²) in [6.07, 6.45) is 7.97. The Hall–Kier alpha value is -2.41. The molecule has 32 heavy (non-hydrogen) atoms. The molecule has 1 aliphatic heterocycles. The van der Waals surface area contributed by atoms with Crippen molar-refractivity contribution in [3.05, 3.63) is 35.4 Å². The number of benzene rings is 1. The number of aliphatic carboxylic acids is 1. The average Bonchev–Trinajstić information content (AvgIpc) is 2.80. The van der Waals surface area contributed by atoms with E-state index in [-0.39, 0.29) is 31.4 Å². The van der Waals surface area contributed by atoms with Gasteiger partial charge in [-0.05, 0) is 43.7 Å². The third-order valence-corrected chi connectivity index (χ3v) is 6.80. The van der Waals surface area contributed by atoms with Gasteiger partial charge >= 0.3 is 11.9 Å². The molecule has 2 aliphatic rings. The Morgan fingerprint density at radius 1 is 1.16 bits per heavy atom. The van der Waals surface area contributed by atoms with Gasteiger partial charge in [0.2, 0.25) is 5.91 Å². The molecule has 7 nitrogen and oxygen atoms in total. The van der Waals surface area contributed by atoms with Crippen LogP contribution >= 0.6 is 0 Å². The minimum absolute atomic E-state index is 0.254. The largest absolute Gasteiger partial charge is 0.480 e. The molecule has 1 fully saturated rings. The Labute approximate surface area is 190 Å². The lowest BCUT2D eigenvalue weighted by Crippen LogP contribution is -2.56. The van der Waals surface area contributed by atoms with Crippen LogP contribution in [0.2, 0.25) is 0 Å². The van der Waals surface area contributed by atoms with Crippen LogP contribution in [0.4, 0.5) is 0 Å². The van der Waals surface area contributed by atoms with Crippen molar-refractivity contribution in [3.8, 4) is 0 Å². The molecule has 0 aromatic heterocycles. The van der Waals surface area contributed by atoms with Gasteiger partial charge in [0.05, 0.1) is 12.6 Å². The number of hydrogen-bond acceptors (Lipinski definition) is 5. The molecule has 1 amide bonds. The summed E-state index contributed by atoms with van der Waals surface area (Å²) in [6.45, 7) is 4.01. The van der Waals surface area contributed by atoms with Crippen LogP contribution in [0, 0.1) is 5.92 Å². The van der Waals surface area contributed by atoms with Crippen LogP contribution in [0.3, 0.4) is 0 Å². The lowest BCUT2D eigenvalue weighted by molar-refractivity contribution is -0.153. The van der Waals surface area contributed by atoms with Gasteiger partial charge in [0, 0.05) is 13.0 Å². The monoisotopic (exact) mass is 444 g/mol. The van der Waals surface area contributed by atoms with Crippen molar-refractivity contribution >= 4 is 17.8 Å². The summed E-state index contributed by atoms with van der Waals surface area (Å²) in [5.74, 6) is -1.05. The molecular formula is C25H36N2O5. The lowest BCUT2D eigenvalue weighted by atomic mass is 9.85. The van der Waals surface area contributed by atoms with Gasteiger partial charge in [-0.15, -0.1) is 0 Å². The first-order valence-electron chi connectivity index (χ1n) is 11.9. The summed E-state index contributed by atoms with van der Waals surface area (Å²) < 4.78 is 5.26. The van der Waals surface area contributed by atoms with Crippen molar-refractivity contribution in [1.82, 2.24) is 10.2 Å². The zero-order chi connectivity index (χ0) is 23.1. The summed E-state index contributed by atoms with van der Waals surface area (Å²) in [4.78, 5) is 39.2. The molecule has 1 aliphatic carbocycles. The lowest BCUT2D eigenvalue weighted by Gasteiger charge is -2.36. The van der Waals surface area contributed by atoms with Crippen LogP contribution in [0.1, 0.15) is 69.9 Å². The van der Waals surface area contributed by atoms with E-state index in [1.165, 1.54) is 37.0 Å². The molecule has 1 heterocycles. The first-order chi connectivity index (χ1) is 15.4. The van der Waals surface area contributed by atoms with Gasteiger partial charge in [-0.25, -0.2) is 4.79 Å². The van der Waals surface area contributed by atoms with Gasteiger partial charge in [0.1, 0.15) is 12.1 Å². The standard InChI is InChI=1S/C25H36N2O5/c1-3-32-25(31)21(14-13-18-9-5-4-6-10-18)26-17(2)23(28)27-16-20-12-8-7-11-19(20)15-22(27)24(29)30/h7-8,11-12,17-18,21-22,26H,3-6,9-10,13-16H2,1-2H3,(H,29,30)/t17-,21-,22+/m0/s1. The predicted molar refractivity (Wildman–Crippen MR) is 121 cm³/mol. The van der Waals surface area contributed by atoms with Crippen molar-refractivity contribution in [2.45, 2.75) is 89.9 Å².